The molecule has 0 aliphatic rings. The Bertz CT molecular complexity index is 905. The number of nitro groups is 1. The van der Waals surface area contributed by atoms with Crippen molar-refractivity contribution in [1.82, 2.24) is 0 Å². The standard InChI is InChI=1S/C16H16ClN5O3S2.2BrH/c17-11-2-1-9(7-26-15(18)19)14(6-11)25-13-4-3-12(22(23)24)5-10(13)8-27-16(20)21;;/h1-6H,7-8H2,(H3,18,19)(H3,20,21);2*1H. The van der Waals surface area contributed by atoms with Gasteiger partial charge < -0.3 is 16.2 Å². The monoisotopic (exact) mass is 585 g/mol. The van der Waals surface area contributed by atoms with Gasteiger partial charge >= 0.3 is 0 Å². The molecule has 0 heterocycles. The van der Waals surface area contributed by atoms with Gasteiger partial charge in [0.15, 0.2) is 10.3 Å². The average molecular weight is 588 g/mol. The lowest BCUT2D eigenvalue weighted by atomic mass is 10.2. The third-order valence-electron chi connectivity index (χ3n) is 3.27. The summed E-state index contributed by atoms with van der Waals surface area (Å²) in [5, 5.41) is 26.1. The summed E-state index contributed by atoms with van der Waals surface area (Å²) in [5.41, 5.74) is 12.0. The third-order valence-corrected chi connectivity index (χ3v) is 5.04. The second kappa shape index (κ2) is 13.0. The van der Waals surface area contributed by atoms with Gasteiger partial charge in [-0.05, 0) is 18.2 Å². The van der Waals surface area contributed by atoms with Crippen molar-refractivity contribution in [3.05, 3.63) is 62.7 Å². The van der Waals surface area contributed by atoms with E-state index in [0.717, 1.165) is 29.1 Å². The number of hydrogen-bond acceptors (Lipinski definition) is 7. The molecular weight excluding hydrogens is 570 g/mol. The summed E-state index contributed by atoms with van der Waals surface area (Å²) >= 11 is 8.24. The van der Waals surface area contributed by atoms with Gasteiger partial charge in [0.05, 0.1) is 4.92 Å². The van der Waals surface area contributed by atoms with Crippen molar-refractivity contribution in [3.8, 4) is 11.5 Å². The zero-order valence-corrected chi connectivity index (χ0v) is 20.5. The number of halogens is 3. The maximum Gasteiger partial charge on any atom is 0.270 e. The normalized spacial score (nSPS) is 9.69. The molecule has 0 radical (unpaired) electrons. The fraction of sp³-hybridized carbons (Fsp3) is 0.125. The Balaban J connectivity index is 0.00000392. The minimum Gasteiger partial charge on any atom is -0.457 e. The Kier molecular flexibility index (Phi) is 12.3. The van der Waals surface area contributed by atoms with Gasteiger partial charge in [-0.1, -0.05) is 41.2 Å². The summed E-state index contributed by atoms with van der Waals surface area (Å²) < 4.78 is 5.96. The average Bonchev–Trinajstić information content (AvgIpc) is 2.59. The largest absolute Gasteiger partial charge is 0.457 e. The van der Waals surface area contributed by atoms with E-state index in [4.69, 9.17) is 38.6 Å². The summed E-state index contributed by atoms with van der Waals surface area (Å²) in [4.78, 5) is 10.5. The molecule has 0 aliphatic heterocycles. The first-order chi connectivity index (χ1) is 12.8. The predicted octanol–water partition coefficient (Wildman–Crippen LogP) is 5.45. The maximum atomic E-state index is 11.0. The highest BCUT2D eigenvalue weighted by Gasteiger charge is 2.15. The Morgan fingerprint density at radius 3 is 2.14 bits per heavy atom. The fourth-order valence-electron chi connectivity index (χ4n) is 2.06. The summed E-state index contributed by atoms with van der Waals surface area (Å²) in [7, 11) is 0. The lowest BCUT2D eigenvalue weighted by Crippen LogP contribution is -2.05. The summed E-state index contributed by atoms with van der Waals surface area (Å²) in [5.74, 6) is 1.50. The first-order valence-electron chi connectivity index (χ1n) is 7.43. The quantitative estimate of drug-likeness (QED) is 0.145. The number of nitro benzene ring substituents is 1. The molecule has 0 spiro atoms. The number of amidine groups is 2. The molecule has 0 unspecified atom stereocenters. The van der Waals surface area contributed by atoms with E-state index in [2.05, 4.69) is 0 Å². The molecule has 13 heteroatoms. The van der Waals surface area contributed by atoms with Crippen molar-refractivity contribution in [2.75, 3.05) is 0 Å². The van der Waals surface area contributed by atoms with Crippen molar-refractivity contribution < 1.29 is 9.66 Å². The Morgan fingerprint density at radius 1 is 1.00 bits per heavy atom. The molecule has 8 nitrogen and oxygen atoms in total. The van der Waals surface area contributed by atoms with Crippen molar-refractivity contribution in [2.24, 2.45) is 11.5 Å². The minimum absolute atomic E-state index is 0. The van der Waals surface area contributed by atoms with Crippen LogP contribution in [0.1, 0.15) is 11.1 Å². The SMILES string of the molecule is Br.Br.N=C(N)SCc1cc([N+](=O)[O-])ccc1Oc1cc(Cl)ccc1CSC(=N)N. The molecule has 0 bridgehead atoms. The van der Waals surface area contributed by atoms with Crippen LogP contribution in [0, 0.1) is 20.9 Å². The number of thioether (sulfide) groups is 2. The third kappa shape index (κ3) is 8.83. The Hall–Kier alpha value is -1.47. The van der Waals surface area contributed by atoms with Crippen molar-refractivity contribution in [2.45, 2.75) is 11.5 Å². The molecule has 0 amide bonds. The summed E-state index contributed by atoms with van der Waals surface area (Å²) in [6.07, 6.45) is 0. The number of hydrogen-bond donors (Lipinski definition) is 4. The van der Waals surface area contributed by atoms with Gasteiger partial charge in [-0.2, -0.15) is 0 Å². The van der Waals surface area contributed by atoms with Crippen LogP contribution in [-0.4, -0.2) is 15.3 Å². The topological polar surface area (TPSA) is 152 Å². The van der Waals surface area contributed by atoms with Gasteiger partial charge in [-0.3, -0.25) is 20.9 Å². The number of non-ortho nitro benzene ring substituents is 1. The number of nitrogens with two attached hydrogens (primary N) is 2. The highest BCUT2D eigenvalue weighted by Crippen LogP contribution is 2.35. The molecule has 2 aromatic rings. The summed E-state index contributed by atoms with van der Waals surface area (Å²) in [6, 6.07) is 9.32. The van der Waals surface area contributed by atoms with Gasteiger partial charge in [0.1, 0.15) is 11.5 Å². The van der Waals surface area contributed by atoms with E-state index in [1.54, 1.807) is 18.2 Å². The minimum atomic E-state index is -0.500. The molecule has 0 aromatic heterocycles. The molecule has 0 atom stereocenters. The molecule has 6 N–H and O–H groups in total. The number of nitrogens with zero attached hydrogens (tertiary/aromatic N) is 1. The first-order valence-corrected chi connectivity index (χ1v) is 9.78. The van der Waals surface area contributed by atoms with Crippen LogP contribution in [0.25, 0.3) is 0 Å². The number of benzene rings is 2. The van der Waals surface area contributed by atoms with Crippen LogP contribution in [-0.2, 0) is 11.5 Å². The van der Waals surface area contributed by atoms with Gasteiger partial charge in [0.2, 0.25) is 0 Å². The van der Waals surface area contributed by atoms with Crippen LogP contribution in [0.3, 0.4) is 0 Å². The van der Waals surface area contributed by atoms with Gasteiger partial charge in [0, 0.05) is 39.8 Å². The zero-order valence-electron chi connectivity index (χ0n) is 14.7. The number of nitrogens with one attached hydrogen (secondary N) is 2. The molecule has 0 aliphatic carbocycles. The Morgan fingerprint density at radius 2 is 1.59 bits per heavy atom. The highest BCUT2D eigenvalue weighted by atomic mass is 79.9. The zero-order chi connectivity index (χ0) is 20.0. The molecule has 158 valence electrons. The first kappa shape index (κ1) is 27.5. The van der Waals surface area contributed by atoms with Gasteiger partial charge in [-0.25, -0.2) is 0 Å². The second-order valence-corrected chi connectivity index (χ2v) is 7.68. The molecule has 29 heavy (non-hydrogen) atoms. The molecule has 0 fully saturated rings. The van der Waals surface area contributed by atoms with E-state index < -0.39 is 4.92 Å². The van der Waals surface area contributed by atoms with Crippen LogP contribution in [0.15, 0.2) is 36.4 Å². The van der Waals surface area contributed by atoms with E-state index in [9.17, 15) is 10.1 Å². The number of ether oxygens (including phenoxy) is 1. The molecule has 2 aromatic carbocycles. The van der Waals surface area contributed by atoms with E-state index in [-0.39, 0.29) is 55.7 Å². The maximum absolute atomic E-state index is 11.0. The predicted molar refractivity (Wildman–Crippen MR) is 132 cm³/mol. The van der Waals surface area contributed by atoms with Crippen molar-refractivity contribution in [1.29, 1.82) is 10.8 Å². The van der Waals surface area contributed by atoms with Crippen molar-refractivity contribution >= 4 is 85.1 Å². The van der Waals surface area contributed by atoms with Crippen molar-refractivity contribution in [3.63, 3.8) is 0 Å². The molecular formula is C16H18Br2ClN5O3S2. The van der Waals surface area contributed by atoms with E-state index in [0.29, 0.717) is 27.8 Å². The lowest BCUT2D eigenvalue weighted by Gasteiger charge is -2.14. The van der Waals surface area contributed by atoms with Crippen LogP contribution < -0.4 is 16.2 Å². The van der Waals surface area contributed by atoms with Gasteiger partial charge in [0.25, 0.3) is 5.69 Å². The number of rotatable bonds is 7. The van der Waals surface area contributed by atoms with Crippen LogP contribution in [0.4, 0.5) is 5.69 Å². The van der Waals surface area contributed by atoms with E-state index in [1.807, 2.05) is 0 Å². The molecule has 0 saturated heterocycles. The van der Waals surface area contributed by atoms with E-state index >= 15 is 0 Å². The highest BCUT2D eigenvalue weighted by molar-refractivity contribution is 8.93. The van der Waals surface area contributed by atoms with Gasteiger partial charge in [-0.15, -0.1) is 34.0 Å². The lowest BCUT2D eigenvalue weighted by molar-refractivity contribution is -0.384. The summed E-state index contributed by atoms with van der Waals surface area (Å²) in [6.45, 7) is 0. The smallest absolute Gasteiger partial charge is 0.270 e. The molecule has 2 rings (SSSR count). The van der Waals surface area contributed by atoms with E-state index in [1.165, 1.54) is 18.2 Å². The van der Waals surface area contributed by atoms with Crippen LogP contribution >= 0.6 is 69.1 Å². The second-order valence-electron chi connectivity index (χ2n) is 5.21. The fourth-order valence-corrected chi connectivity index (χ4v) is 3.31. The Labute approximate surface area is 201 Å². The van der Waals surface area contributed by atoms with Crippen LogP contribution in [0.5, 0.6) is 11.5 Å². The molecule has 0 saturated carbocycles. The van der Waals surface area contributed by atoms with Crippen LogP contribution in [0.2, 0.25) is 5.02 Å².